The van der Waals surface area contributed by atoms with E-state index >= 15 is 0 Å². The summed E-state index contributed by atoms with van der Waals surface area (Å²) in [6.45, 7) is 8.46. The summed E-state index contributed by atoms with van der Waals surface area (Å²) in [6.07, 6.45) is 0.796. The van der Waals surface area contributed by atoms with Gasteiger partial charge in [0.1, 0.15) is 0 Å². The number of aliphatic hydroxyl groups excluding tert-OH is 1. The zero-order chi connectivity index (χ0) is 12.0. The fourth-order valence-electron chi connectivity index (χ4n) is 1.76. The van der Waals surface area contributed by atoms with E-state index in [1.807, 2.05) is 4.90 Å². The summed E-state index contributed by atoms with van der Waals surface area (Å²) in [6, 6.07) is 0.0384. The predicted octanol–water partition coefficient (Wildman–Crippen LogP) is 0.00980. The van der Waals surface area contributed by atoms with E-state index in [2.05, 4.69) is 24.5 Å². The fraction of sp³-hybridized carbons (Fsp3) is 0.909. The summed E-state index contributed by atoms with van der Waals surface area (Å²) < 4.78 is 0. The van der Waals surface area contributed by atoms with Crippen molar-refractivity contribution in [2.75, 3.05) is 39.3 Å². The Labute approximate surface area is 97.2 Å². The molecule has 1 aliphatic rings. The number of nitrogens with zero attached hydrogens (tertiary/aromatic N) is 1. The van der Waals surface area contributed by atoms with Crippen molar-refractivity contribution in [3.8, 4) is 0 Å². The molecule has 2 amide bonds. The lowest BCUT2D eigenvalue weighted by molar-refractivity contribution is 0.203. The third kappa shape index (κ3) is 4.37. The normalized spacial score (nSPS) is 16.7. The number of urea groups is 1. The molecule has 5 nitrogen and oxygen atoms in total. The predicted molar refractivity (Wildman–Crippen MR) is 63.3 cm³/mol. The molecule has 0 radical (unpaired) electrons. The van der Waals surface area contributed by atoms with Crippen molar-refractivity contribution in [2.45, 2.75) is 20.3 Å². The van der Waals surface area contributed by atoms with Gasteiger partial charge in [-0.1, -0.05) is 13.8 Å². The standard InChI is InChI=1S/C11H23N3O2/c1-11(2,3-8-15)9-12-4-6-14-7-5-13-10(14)16/h12,15H,3-9H2,1-2H3,(H,13,16). The lowest BCUT2D eigenvalue weighted by Gasteiger charge is -2.24. The molecule has 0 saturated carbocycles. The minimum Gasteiger partial charge on any atom is -0.396 e. The highest BCUT2D eigenvalue weighted by atomic mass is 16.3. The number of amides is 2. The molecule has 16 heavy (non-hydrogen) atoms. The maximum atomic E-state index is 11.2. The highest BCUT2D eigenvalue weighted by Crippen LogP contribution is 2.17. The largest absolute Gasteiger partial charge is 0.396 e. The lowest BCUT2D eigenvalue weighted by atomic mass is 9.90. The molecule has 0 unspecified atom stereocenters. The van der Waals surface area contributed by atoms with Crippen molar-refractivity contribution in [2.24, 2.45) is 5.41 Å². The summed E-state index contributed by atoms with van der Waals surface area (Å²) in [7, 11) is 0. The maximum absolute atomic E-state index is 11.2. The van der Waals surface area contributed by atoms with E-state index in [0.717, 1.165) is 39.1 Å². The van der Waals surface area contributed by atoms with Crippen LogP contribution in [0.3, 0.4) is 0 Å². The third-order valence-electron chi connectivity index (χ3n) is 2.90. The molecule has 0 aromatic rings. The molecule has 1 heterocycles. The van der Waals surface area contributed by atoms with Gasteiger partial charge >= 0.3 is 6.03 Å². The number of nitrogens with one attached hydrogen (secondary N) is 2. The van der Waals surface area contributed by atoms with Gasteiger partial charge in [-0.05, 0) is 11.8 Å². The van der Waals surface area contributed by atoms with Crippen molar-refractivity contribution in [3.05, 3.63) is 0 Å². The average molecular weight is 229 g/mol. The average Bonchev–Trinajstić information content (AvgIpc) is 2.59. The summed E-state index contributed by atoms with van der Waals surface area (Å²) in [4.78, 5) is 13.0. The first-order valence-electron chi connectivity index (χ1n) is 5.89. The van der Waals surface area contributed by atoms with E-state index in [1.165, 1.54) is 0 Å². The Morgan fingerprint density at radius 3 is 2.88 bits per heavy atom. The van der Waals surface area contributed by atoms with E-state index < -0.39 is 0 Å². The van der Waals surface area contributed by atoms with Gasteiger partial charge < -0.3 is 20.6 Å². The zero-order valence-corrected chi connectivity index (χ0v) is 10.3. The Morgan fingerprint density at radius 1 is 1.56 bits per heavy atom. The van der Waals surface area contributed by atoms with Crippen molar-refractivity contribution < 1.29 is 9.90 Å². The number of aliphatic hydroxyl groups is 1. The maximum Gasteiger partial charge on any atom is 0.317 e. The molecule has 5 heteroatoms. The van der Waals surface area contributed by atoms with Gasteiger partial charge in [0.25, 0.3) is 0 Å². The molecule has 1 fully saturated rings. The minimum atomic E-state index is 0.0384. The Bertz CT molecular complexity index is 231. The molecule has 0 spiro atoms. The molecular formula is C11H23N3O2. The van der Waals surface area contributed by atoms with Crippen LogP contribution in [0.15, 0.2) is 0 Å². The Balaban J connectivity index is 2.09. The minimum absolute atomic E-state index is 0.0384. The van der Waals surface area contributed by atoms with Gasteiger partial charge in [0.05, 0.1) is 0 Å². The van der Waals surface area contributed by atoms with Crippen molar-refractivity contribution in [1.29, 1.82) is 0 Å². The van der Waals surface area contributed by atoms with E-state index in [1.54, 1.807) is 0 Å². The monoisotopic (exact) mass is 229 g/mol. The summed E-state index contributed by atoms with van der Waals surface area (Å²) in [5.74, 6) is 0. The van der Waals surface area contributed by atoms with Gasteiger partial charge in [-0.15, -0.1) is 0 Å². The molecule has 3 N–H and O–H groups in total. The van der Waals surface area contributed by atoms with Crippen LogP contribution in [0.25, 0.3) is 0 Å². The van der Waals surface area contributed by atoms with E-state index in [9.17, 15) is 4.79 Å². The van der Waals surface area contributed by atoms with Gasteiger partial charge in [0.2, 0.25) is 0 Å². The molecule has 0 atom stereocenters. The zero-order valence-electron chi connectivity index (χ0n) is 10.3. The summed E-state index contributed by atoms with van der Waals surface area (Å²) in [5.41, 5.74) is 0.113. The first-order valence-corrected chi connectivity index (χ1v) is 5.89. The number of hydrogen-bond donors (Lipinski definition) is 3. The molecule has 1 saturated heterocycles. The molecule has 1 aliphatic heterocycles. The number of hydrogen-bond acceptors (Lipinski definition) is 3. The highest BCUT2D eigenvalue weighted by molar-refractivity contribution is 5.76. The second kappa shape index (κ2) is 6.06. The van der Waals surface area contributed by atoms with Gasteiger partial charge in [0.15, 0.2) is 0 Å². The number of carbonyl (C=O) groups is 1. The Hall–Kier alpha value is -0.810. The van der Waals surface area contributed by atoms with Crippen LogP contribution >= 0.6 is 0 Å². The number of rotatable bonds is 7. The van der Waals surface area contributed by atoms with E-state index in [0.29, 0.717) is 0 Å². The van der Waals surface area contributed by atoms with Gasteiger partial charge in [-0.2, -0.15) is 0 Å². The molecule has 1 rings (SSSR count). The molecule has 0 aromatic heterocycles. The molecular weight excluding hydrogens is 206 g/mol. The first-order chi connectivity index (χ1) is 7.55. The quantitative estimate of drug-likeness (QED) is 0.539. The Kier molecular flexibility index (Phi) is 5.02. The fourth-order valence-corrected chi connectivity index (χ4v) is 1.76. The van der Waals surface area contributed by atoms with Crippen LogP contribution in [-0.2, 0) is 0 Å². The van der Waals surface area contributed by atoms with Crippen LogP contribution < -0.4 is 10.6 Å². The van der Waals surface area contributed by atoms with Crippen LogP contribution in [0.5, 0.6) is 0 Å². The van der Waals surface area contributed by atoms with E-state index in [-0.39, 0.29) is 18.1 Å². The van der Waals surface area contributed by atoms with E-state index in [4.69, 9.17) is 5.11 Å². The van der Waals surface area contributed by atoms with Crippen molar-refractivity contribution in [1.82, 2.24) is 15.5 Å². The van der Waals surface area contributed by atoms with Crippen molar-refractivity contribution >= 4 is 6.03 Å². The van der Waals surface area contributed by atoms with Crippen LogP contribution in [0, 0.1) is 5.41 Å². The summed E-state index contributed by atoms with van der Waals surface area (Å²) in [5, 5.41) is 15.0. The van der Waals surface area contributed by atoms with Gasteiger partial charge in [-0.25, -0.2) is 4.79 Å². The number of carbonyl (C=O) groups excluding carboxylic acids is 1. The van der Waals surface area contributed by atoms with Crippen LogP contribution in [-0.4, -0.2) is 55.4 Å². The summed E-state index contributed by atoms with van der Waals surface area (Å²) >= 11 is 0. The highest BCUT2D eigenvalue weighted by Gasteiger charge is 2.19. The molecule has 0 aliphatic carbocycles. The SMILES string of the molecule is CC(C)(CCO)CNCCN1CCNC1=O. The lowest BCUT2D eigenvalue weighted by Crippen LogP contribution is -2.38. The Morgan fingerprint density at radius 2 is 2.31 bits per heavy atom. The second-order valence-corrected chi connectivity index (χ2v) is 5.03. The van der Waals surface area contributed by atoms with Gasteiger partial charge in [-0.3, -0.25) is 0 Å². The topological polar surface area (TPSA) is 64.6 Å². The first kappa shape index (κ1) is 13.3. The molecule has 94 valence electrons. The smallest absolute Gasteiger partial charge is 0.317 e. The van der Waals surface area contributed by atoms with Crippen LogP contribution in [0.2, 0.25) is 0 Å². The van der Waals surface area contributed by atoms with Crippen LogP contribution in [0.4, 0.5) is 4.79 Å². The molecule has 0 aromatic carbocycles. The second-order valence-electron chi connectivity index (χ2n) is 5.03. The molecule has 0 bridgehead atoms. The van der Waals surface area contributed by atoms with Crippen molar-refractivity contribution in [3.63, 3.8) is 0 Å². The van der Waals surface area contributed by atoms with Crippen LogP contribution in [0.1, 0.15) is 20.3 Å². The van der Waals surface area contributed by atoms with Gasteiger partial charge in [0, 0.05) is 39.3 Å². The third-order valence-corrected chi connectivity index (χ3v) is 2.90.